The molecule has 0 saturated heterocycles. The number of hydrogen-bond donors (Lipinski definition) is 2. The molecule has 2 nitrogen and oxygen atoms in total. The molecule has 0 aliphatic carbocycles. The highest BCUT2D eigenvalue weighted by atomic mass is 14.9. The molecule has 0 aromatic heterocycles. The van der Waals surface area contributed by atoms with Crippen LogP contribution in [0.2, 0.25) is 0 Å². The monoisotopic (exact) mass is 158 g/mol. The van der Waals surface area contributed by atoms with E-state index < -0.39 is 0 Å². The zero-order valence-electron chi connectivity index (χ0n) is 8.11. The van der Waals surface area contributed by atoms with Gasteiger partial charge in [0.1, 0.15) is 0 Å². The maximum atomic E-state index is 3.33. The topological polar surface area (TPSA) is 24.1 Å². The first kappa shape index (κ1) is 10.9. The van der Waals surface area contributed by atoms with Gasteiger partial charge in [-0.2, -0.15) is 0 Å². The van der Waals surface area contributed by atoms with Crippen molar-refractivity contribution in [1.29, 1.82) is 0 Å². The van der Waals surface area contributed by atoms with E-state index in [0.717, 1.165) is 12.6 Å². The lowest BCUT2D eigenvalue weighted by Gasteiger charge is -2.14. The Morgan fingerprint density at radius 2 is 1.91 bits per heavy atom. The van der Waals surface area contributed by atoms with Crippen LogP contribution in [0, 0.1) is 0 Å². The van der Waals surface area contributed by atoms with Gasteiger partial charge in [-0.05, 0) is 39.9 Å². The maximum absolute atomic E-state index is 3.33. The van der Waals surface area contributed by atoms with E-state index in [9.17, 15) is 0 Å². The van der Waals surface area contributed by atoms with E-state index in [0.29, 0.717) is 0 Å². The van der Waals surface area contributed by atoms with Gasteiger partial charge in [0.2, 0.25) is 0 Å². The van der Waals surface area contributed by atoms with Crippen LogP contribution in [-0.2, 0) is 0 Å². The Bertz CT molecular complexity index is 74.0. The van der Waals surface area contributed by atoms with Crippen molar-refractivity contribution in [3.63, 3.8) is 0 Å². The maximum Gasteiger partial charge on any atom is 0.00644 e. The van der Waals surface area contributed by atoms with Crippen LogP contribution in [0.3, 0.4) is 0 Å². The molecule has 0 aliphatic rings. The van der Waals surface area contributed by atoms with E-state index in [2.05, 4.69) is 24.6 Å². The van der Waals surface area contributed by atoms with Crippen LogP contribution in [0.25, 0.3) is 0 Å². The van der Waals surface area contributed by atoms with Gasteiger partial charge in [0, 0.05) is 6.04 Å². The van der Waals surface area contributed by atoms with Crippen LogP contribution in [0.15, 0.2) is 0 Å². The third kappa shape index (κ3) is 6.32. The average molecular weight is 158 g/mol. The van der Waals surface area contributed by atoms with Crippen molar-refractivity contribution in [3.05, 3.63) is 0 Å². The van der Waals surface area contributed by atoms with E-state index in [4.69, 9.17) is 0 Å². The van der Waals surface area contributed by atoms with Crippen molar-refractivity contribution < 1.29 is 0 Å². The summed E-state index contributed by atoms with van der Waals surface area (Å²) in [6.07, 6.45) is 5.17. The Morgan fingerprint density at radius 3 is 2.36 bits per heavy atom. The van der Waals surface area contributed by atoms with Crippen molar-refractivity contribution >= 4 is 0 Å². The molecule has 0 amide bonds. The summed E-state index contributed by atoms with van der Waals surface area (Å²) in [5, 5.41) is 6.50. The van der Waals surface area contributed by atoms with Gasteiger partial charge in [0.15, 0.2) is 0 Å². The minimum atomic E-state index is 0.730. The number of rotatable bonds is 7. The smallest absolute Gasteiger partial charge is 0.00644 e. The molecular formula is C9H22N2. The molecular weight excluding hydrogens is 136 g/mol. The minimum Gasteiger partial charge on any atom is -0.320 e. The van der Waals surface area contributed by atoms with Crippen LogP contribution in [-0.4, -0.2) is 26.7 Å². The van der Waals surface area contributed by atoms with Crippen LogP contribution in [0.1, 0.15) is 32.6 Å². The van der Waals surface area contributed by atoms with E-state index in [1.165, 1.54) is 25.7 Å². The van der Waals surface area contributed by atoms with Gasteiger partial charge in [-0.15, -0.1) is 0 Å². The second-order valence-corrected chi connectivity index (χ2v) is 3.02. The lowest BCUT2D eigenvalue weighted by Crippen LogP contribution is -2.25. The molecule has 0 aromatic rings. The van der Waals surface area contributed by atoms with E-state index in [-0.39, 0.29) is 0 Å². The van der Waals surface area contributed by atoms with Crippen molar-refractivity contribution in [1.82, 2.24) is 10.6 Å². The summed E-state index contributed by atoms with van der Waals surface area (Å²) in [5.41, 5.74) is 0. The lowest BCUT2D eigenvalue weighted by molar-refractivity contribution is 0.465. The summed E-state index contributed by atoms with van der Waals surface area (Å²) in [6.45, 7) is 3.38. The first-order valence-electron chi connectivity index (χ1n) is 4.67. The molecule has 0 fully saturated rings. The highest BCUT2D eigenvalue weighted by Crippen LogP contribution is 2.02. The van der Waals surface area contributed by atoms with Gasteiger partial charge in [-0.3, -0.25) is 0 Å². The Hall–Kier alpha value is -0.0800. The van der Waals surface area contributed by atoms with E-state index in [1.54, 1.807) is 0 Å². The fourth-order valence-corrected chi connectivity index (χ4v) is 1.31. The molecule has 2 N–H and O–H groups in total. The summed E-state index contributed by atoms with van der Waals surface area (Å²) >= 11 is 0. The molecule has 0 heterocycles. The van der Waals surface area contributed by atoms with Gasteiger partial charge in [-0.25, -0.2) is 0 Å². The van der Waals surface area contributed by atoms with Gasteiger partial charge in [0.05, 0.1) is 0 Å². The minimum absolute atomic E-state index is 0.730. The molecule has 68 valence electrons. The Morgan fingerprint density at radius 1 is 1.18 bits per heavy atom. The van der Waals surface area contributed by atoms with Crippen molar-refractivity contribution in [2.24, 2.45) is 0 Å². The van der Waals surface area contributed by atoms with Gasteiger partial charge in [0.25, 0.3) is 0 Å². The number of hydrogen-bond acceptors (Lipinski definition) is 2. The molecule has 0 spiro atoms. The summed E-state index contributed by atoms with van der Waals surface area (Å²) < 4.78 is 0. The highest BCUT2D eigenvalue weighted by Gasteiger charge is 2.02. The molecule has 0 bridgehead atoms. The fraction of sp³-hybridized carbons (Fsp3) is 1.00. The van der Waals surface area contributed by atoms with E-state index >= 15 is 0 Å². The SMILES string of the molecule is CCCC(CCCNC)NC. The predicted octanol–water partition coefficient (Wildman–Crippen LogP) is 1.37. The Kier molecular flexibility index (Phi) is 7.96. The normalized spacial score (nSPS) is 13.4. The van der Waals surface area contributed by atoms with Crippen LogP contribution >= 0.6 is 0 Å². The molecule has 11 heavy (non-hydrogen) atoms. The molecule has 2 heteroatoms. The molecule has 0 aromatic carbocycles. The van der Waals surface area contributed by atoms with Crippen LogP contribution in [0.5, 0.6) is 0 Å². The molecule has 0 saturated carbocycles. The Labute approximate surface area is 70.8 Å². The first-order chi connectivity index (χ1) is 5.35. The molecule has 1 unspecified atom stereocenters. The highest BCUT2D eigenvalue weighted by molar-refractivity contribution is 4.63. The number of nitrogens with one attached hydrogen (secondary N) is 2. The largest absolute Gasteiger partial charge is 0.320 e. The zero-order valence-corrected chi connectivity index (χ0v) is 8.11. The van der Waals surface area contributed by atoms with Crippen molar-refractivity contribution in [2.45, 2.75) is 38.6 Å². The predicted molar refractivity (Wildman–Crippen MR) is 50.9 cm³/mol. The quantitative estimate of drug-likeness (QED) is 0.547. The fourth-order valence-electron chi connectivity index (χ4n) is 1.31. The van der Waals surface area contributed by atoms with Gasteiger partial charge < -0.3 is 10.6 Å². The molecule has 0 aliphatic heterocycles. The standard InChI is InChI=1S/C9H22N2/c1-4-6-9(11-3)7-5-8-10-2/h9-11H,4-8H2,1-3H3. The summed E-state index contributed by atoms with van der Waals surface area (Å²) in [5.74, 6) is 0. The van der Waals surface area contributed by atoms with Gasteiger partial charge >= 0.3 is 0 Å². The second kappa shape index (κ2) is 8.02. The lowest BCUT2D eigenvalue weighted by atomic mass is 10.1. The van der Waals surface area contributed by atoms with Crippen LogP contribution in [0.4, 0.5) is 0 Å². The third-order valence-corrected chi connectivity index (χ3v) is 2.02. The summed E-state index contributed by atoms with van der Waals surface area (Å²) in [6, 6.07) is 0.730. The van der Waals surface area contributed by atoms with Gasteiger partial charge in [-0.1, -0.05) is 13.3 Å². The molecule has 0 radical (unpaired) electrons. The molecule has 1 atom stereocenters. The van der Waals surface area contributed by atoms with Crippen LogP contribution < -0.4 is 10.6 Å². The molecule has 0 rings (SSSR count). The van der Waals surface area contributed by atoms with Crippen molar-refractivity contribution in [2.75, 3.05) is 20.6 Å². The average Bonchev–Trinajstić information content (AvgIpc) is 2.03. The van der Waals surface area contributed by atoms with Crippen molar-refractivity contribution in [3.8, 4) is 0 Å². The summed E-state index contributed by atoms with van der Waals surface area (Å²) in [4.78, 5) is 0. The summed E-state index contributed by atoms with van der Waals surface area (Å²) in [7, 11) is 4.06. The Balaban J connectivity index is 3.20. The zero-order chi connectivity index (χ0) is 8.53. The third-order valence-electron chi connectivity index (χ3n) is 2.02. The second-order valence-electron chi connectivity index (χ2n) is 3.02. The first-order valence-corrected chi connectivity index (χ1v) is 4.67. The van der Waals surface area contributed by atoms with E-state index in [1.807, 2.05) is 7.05 Å².